The summed E-state index contributed by atoms with van der Waals surface area (Å²) in [7, 11) is 0. The Balaban J connectivity index is 1.79. The first-order valence-corrected chi connectivity index (χ1v) is 8.13. The molecule has 0 atom stereocenters. The van der Waals surface area contributed by atoms with E-state index in [4.69, 9.17) is 11.6 Å². The van der Waals surface area contributed by atoms with Crippen molar-refractivity contribution in [1.82, 2.24) is 20.5 Å². The van der Waals surface area contributed by atoms with Gasteiger partial charge in [-0.1, -0.05) is 23.7 Å². The monoisotopic (exact) mass is 363 g/mol. The third kappa shape index (κ3) is 4.15. The maximum absolute atomic E-state index is 12.3. The predicted molar refractivity (Wildman–Crippen MR) is 98.7 cm³/mol. The molecule has 0 spiro atoms. The van der Waals surface area contributed by atoms with E-state index in [2.05, 4.69) is 20.5 Å². The fourth-order valence-corrected chi connectivity index (χ4v) is 2.46. The molecule has 6 nitrogen and oxygen atoms in total. The largest absolute Gasteiger partial charge is 0.347 e. The third-order valence-corrected chi connectivity index (χ3v) is 3.92. The van der Waals surface area contributed by atoms with Crippen molar-refractivity contribution in [3.63, 3.8) is 0 Å². The highest BCUT2D eigenvalue weighted by Gasteiger charge is 2.12. The molecule has 0 bridgehead atoms. The number of pyridine rings is 1. The van der Waals surface area contributed by atoms with Crippen LogP contribution in [0.5, 0.6) is 0 Å². The fraction of sp³-hybridized carbons (Fsp3) is 0.0526. The molecule has 0 aliphatic carbocycles. The quantitative estimate of drug-likeness (QED) is 0.537. The van der Waals surface area contributed by atoms with E-state index in [0.29, 0.717) is 22.8 Å². The lowest BCUT2D eigenvalue weighted by Crippen LogP contribution is -2.23. The van der Waals surface area contributed by atoms with E-state index < -0.39 is 5.91 Å². The maximum Gasteiger partial charge on any atom is 0.262 e. The minimum atomic E-state index is -0.451. The molecule has 0 saturated heterocycles. The molecule has 2 N–H and O–H groups in total. The molecule has 0 aliphatic heterocycles. The van der Waals surface area contributed by atoms with Crippen LogP contribution in [0, 0.1) is 11.3 Å². The van der Waals surface area contributed by atoms with Gasteiger partial charge in [0.1, 0.15) is 11.6 Å². The zero-order valence-electron chi connectivity index (χ0n) is 13.6. The summed E-state index contributed by atoms with van der Waals surface area (Å²) in [5, 5.41) is 19.6. The zero-order valence-corrected chi connectivity index (χ0v) is 14.4. The molecule has 1 aromatic carbocycles. The summed E-state index contributed by atoms with van der Waals surface area (Å²) in [6.07, 6.45) is 6.37. The molecule has 2 aromatic heterocycles. The number of benzene rings is 1. The van der Waals surface area contributed by atoms with Crippen molar-refractivity contribution >= 4 is 23.6 Å². The number of halogens is 1. The summed E-state index contributed by atoms with van der Waals surface area (Å²) in [6, 6.07) is 12.7. The highest BCUT2D eigenvalue weighted by Crippen LogP contribution is 2.24. The molecule has 0 unspecified atom stereocenters. The summed E-state index contributed by atoms with van der Waals surface area (Å²) in [4.78, 5) is 16.2. The van der Waals surface area contributed by atoms with E-state index in [1.165, 1.54) is 6.08 Å². The number of aromatic amines is 1. The van der Waals surface area contributed by atoms with E-state index in [1.54, 1.807) is 42.9 Å². The van der Waals surface area contributed by atoms with Crippen LogP contribution in [0.2, 0.25) is 5.02 Å². The first-order valence-electron chi connectivity index (χ1n) is 7.75. The van der Waals surface area contributed by atoms with Crippen LogP contribution < -0.4 is 5.32 Å². The Morgan fingerprint density at radius 2 is 1.96 bits per heavy atom. The fourth-order valence-electron chi connectivity index (χ4n) is 2.33. The van der Waals surface area contributed by atoms with Crippen molar-refractivity contribution in [2.24, 2.45) is 0 Å². The number of aromatic nitrogens is 3. The van der Waals surface area contributed by atoms with Crippen molar-refractivity contribution in [1.29, 1.82) is 5.26 Å². The van der Waals surface area contributed by atoms with E-state index >= 15 is 0 Å². The number of carbonyl (C=O) groups is 1. The number of carbonyl (C=O) groups excluding carboxylic acids is 1. The summed E-state index contributed by atoms with van der Waals surface area (Å²) >= 11 is 5.91. The van der Waals surface area contributed by atoms with E-state index in [-0.39, 0.29) is 5.57 Å². The summed E-state index contributed by atoms with van der Waals surface area (Å²) in [5.41, 5.74) is 3.10. The van der Waals surface area contributed by atoms with Gasteiger partial charge in [0.25, 0.3) is 5.91 Å². The van der Waals surface area contributed by atoms with Crippen LogP contribution in [0.15, 0.2) is 60.6 Å². The highest BCUT2D eigenvalue weighted by molar-refractivity contribution is 6.30. The zero-order chi connectivity index (χ0) is 18.4. The molecule has 7 heteroatoms. The molecule has 3 rings (SSSR count). The van der Waals surface area contributed by atoms with Gasteiger partial charge in [-0.05, 0) is 35.9 Å². The summed E-state index contributed by atoms with van der Waals surface area (Å²) in [5.74, 6) is -0.451. The van der Waals surface area contributed by atoms with E-state index in [9.17, 15) is 10.1 Å². The molecule has 3 aromatic rings. The predicted octanol–water partition coefficient (Wildman–Crippen LogP) is 3.35. The average Bonchev–Trinajstić information content (AvgIpc) is 3.14. The number of H-pyrrole nitrogens is 1. The Hall–Kier alpha value is -3.43. The van der Waals surface area contributed by atoms with Crippen molar-refractivity contribution in [2.75, 3.05) is 0 Å². The second kappa shape index (κ2) is 8.10. The second-order valence-electron chi connectivity index (χ2n) is 5.42. The molecule has 0 radical (unpaired) electrons. The molecule has 128 valence electrons. The summed E-state index contributed by atoms with van der Waals surface area (Å²) < 4.78 is 0. The minimum Gasteiger partial charge on any atom is -0.347 e. The van der Waals surface area contributed by atoms with Gasteiger partial charge >= 0.3 is 0 Å². The van der Waals surface area contributed by atoms with Crippen LogP contribution in [0.1, 0.15) is 11.1 Å². The minimum absolute atomic E-state index is 0.00401. The average molecular weight is 364 g/mol. The Morgan fingerprint density at radius 3 is 2.65 bits per heavy atom. The van der Waals surface area contributed by atoms with Crippen molar-refractivity contribution in [2.45, 2.75) is 6.54 Å². The van der Waals surface area contributed by atoms with Crippen molar-refractivity contribution in [3.05, 3.63) is 76.7 Å². The first-order chi connectivity index (χ1) is 12.7. The number of hydrogen-bond acceptors (Lipinski definition) is 4. The molecule has 0 saturated carbocycles. The normalized spacial score (nSPS) is 11.0. The summed E-state index contributed by atoms with van der Waals surface area (Å²) in [6.45, 7) is 0.315. The lowest BCUT2D eigenvalue weighted by Gasteiger charge is -2.04. The van der Waals surface area contributed by atoms with Gasteiger partial charge in [0.15, 0.2) is 0 Å². The van der Waals surface area contributed by atoms with Crippen molar-refractivity contribution < 1.29 is 4.79 Å². The second-order valence-corrected chi connectivity index (χ2v) is 5.85. The van der Waals surface area contributed by atoms with E-state index in [0.717, 1.165) is 11.1 Å². The Labute approximate surface area is 155 Å². The number of nitrogens with one attached hydrogen (secondary N) is 2. The Bertz CT molecular complexity index is 971. The van der Waals surface area contributed by atoms with Crippen LogP contribution in [0.3, 0.4) is 0 Å². The Morgan fingerprint density at radius 1 is 1.23 bits per heavy atom. The standard InChI is InChI=1S/C19H14ClN5O/c20-17-3-1-14(2-4-17)18-16(12-24-25-18)9-15(10-21)19(26)23-11-13-5-7-22-8-6-13/h1-9,12H,11H2,(H,23,26)(H,24,25)/b15-9+. The molecule has 1 amide bonds. The third-order valence-electron chi connectivity index (χ3n) is 3.67. The number of rotatable bonds is 5. The Kier molecular flexibility index (Phi) is 5.42. The number of nitriles is 1. The van der Waals surface area contributed by atoms with Gasteiger partial charge in [-0.3, -0.25) is 14.9 Å². The van der Waals surface area contributed by atoms with Gasteiger partial charge in [-0.25, -0.2) is 0 Å². The number of nitrogens with zero attached hydrogens (tertiary/aromatic N) is 3. The maximum atomic E-state index is 12.3. The van der Waals surface area contributed by atoms with Gasteiger partial charge in [-0.15, -0.1) is 0 Å². The van der Waals surface area contributed by atoms with Gasteiger partial charge in [0.2, 0.25) is 0 Å². The molecule has 26 heavy (non-hydrogen) atoms. The topological polar surface area (TPSA) is 94.5 Å². The molecule has 0 fully saturated rings. The lowest BCUT2D eigenvalue weighted by molar-refractivity contribution is -0.117. The van der Waals surface area contributed by atoms with Gasteiger partial charge in [-0.2, -0.15) is 10.4 Å². The SMILES string of the molecule is N#C/C(=C\c1cn[nH]c1-c1ccc(Cl)cc1)C(=O)NCc1ccncc1. The lowest BCUT2D eigenvalue weighted by atomic mass is 10.1. The molecule has 2 heterocycles. The number of hydrogen-bond donors (Lipinski definition) is 2. The van der Waals surface area contributed by atoms with Crippen LogP contribution in [-0.2, 0) is 11.3 Å². The van der Waals surface area contributed by atoms with Gasteiger partial charge in [0.05, 0.1) is 11.9 Å². The van der Waals surface area contributed by atoms with Gasteiger partial charge in [0, 0.05) is 35.1 Å². The number of amides is 1. The van der Waals surface area contributed by atoms with Crippen LogP contribution in [0.25, 0.3) is 17.3 Å². The first kappa shape index (κ1) is 17.4. The molecule has 0 aliphatic rings. The van der Waals surface area contributed by atoms with Crippen molar-refractivity contribution in [3.8, 4) is 17.3 Å². The molecular formula is C19H14ClN5O. The van der Waals surface area contributed by atoms with Crippen LogP contribution >= 0.6 is 11.6 Å². The smallest absolute Gasteiger partial charge is 0.262 e. The molecular weight excluding hydrogens is 350 g/mol. The highest BCUT2D eigenvalue weighted by atomic mass is 35.5. The van der Waals surface area contributed by atoms with Crippen LogP contribution in [-0.4, -0.2) is 21.1 Å². The van der Waals surface area contributed by atoms with Crippen LogP contribution in [0.4, 0.5) is 0 Å². The van der Waals surface area contributed by atoms with Gasteiger partial charge < -0.3 is 5.32 Å². The van der Waals surface area contributed by atoms with E-state index in [1.807, 2.05) is 18.2 Å².